The number of piperidine rings is 1. The van der Waals surface area contributed by atoms with Crippen LogP contribution in [0.5, 0.6) is 0 Å². The first kappa shape index (κ1) is 13.9. The molecule has 1 heterocycles. The van der Waals surface area contributed by atoms with Crippen LogP contribution < -0.4 is 5.73 Å². The molecule has 1 saturated heterocycles. The number of ether oxygens (including phenoxy) is 1. The van der Waals surface area contributed by atoms with Gasteiger partial charge in [0.2, 0.25) is 0 Å². The summed E-state index contributed by atoms with van der Waals surface area (Å²) in [5, 5.41) is 0. The highest BCUT2D eigenvalue weighted by Crippen LogP contribution is 2.24. The van der Waals surface area contributed by atoms with Gasteiger partial charge in [-0.1, -0.05) is 27.2 Å². The van der Waals surface area contributed by atoms with Crippen LogP contribution in [0.2, 0.25) is 0 Å². The van der Waals surface area contributed by atoms with Crippen molar-refractivity contribution in [2.24, 2.45) is 17.6 Å². The highest BCUT2D eigenvalue weighted by atomic mass is 16.5. The molecule has 0 amide bonds. The van der Waals surface area contributed by atoms with Crippen LogP contribution in [-0.4, -0.2) is 43.8 Å². The molecule has 0 aromatic carbocycles. The quantitative estimate of drug-likeness (QED) is 0.778. The fourth-order valence-electron chi connectivity index (χ4n) is 2.68. The minimum Gasteiger partial charge on any atom is -0.380 e. The van der Waals surface area contributed by atoms with Gasteiger partial charge in [0.15, 0.2) is 0 Å². The molecule has 0 aromatic heterocycles. The van der Waals surface area contributed by atoms with E-state index in [4.69, 9.17) is 10.5 Å². The van der Waals surface area contributed by atoms with Crippen LogP contribution in [-0.2, 0) is 4.74 Å². The zero-order valence-electron chi connectivity index (χ0n) is 11.3. The Labute approximate surface area is 100 Å². The second-order valence-corrected chi connectivity index (χ2v) is 5.22. The molecule has 4 atom stereocenters. The van der Waals surface area contributed by atoms with Crippen LogP contribution in [0.3, 0.4) is 0 Å². The molecule has 96 valence electrons. The largest absolute Gasteiger partial charge is 0.380 e. The minimum absolute atomic E-state index is 0.381. The smallest absolute Gasteiger partial charge is 0.0724 e. The maximum atomic E-state index is 5.92. The van der Waals surface area contributed by atoms with E-state index < -0.39 is 0 Å². The molecule has 4 unspecified atom stereocenters. The Morgan fingerprint density at radius 1 is 1.50 bits per heavy atom. The highest BCUT2D eigenvalue weighted by Gasteiger charge is 2.31. The Morgan fingerprint density at radius 2 is 2.19 bits per heavy atom. The second kappa shape index (κ2) is 6.58. The molecular formula is C13H28N2O. The molecule has 1 rings (SSSR count). The van der Waals surface area contributed by atoms with Gasteiger partial charge in [0.05, 0.1) is 6.10 Å². The average molecular weight is 228 g/mol. The fraction of sp³-hybridized carbons (Fsp3) is 1.00. The number of nitrogens with zero attached hydrogens (tertiary/aromatic N) is 1. The molecule has 16 heavy (non-hydrogen) atoms. The molecule has 0 bridgehead atoms. The summed E-state index contributed by atoms with van der Waals surface area (Å²) >= 11 is 0. The molecule has 3 nitrogen and oxygen atoms in total. The third kappa shape index (κ3) is 3.19. The van der Waals surface area contributed by atoms with Crippen molar-refractivity contribution < 1.29 is 4.74 Å². The third-order valence-corrected chi connectivity index (χ3v) is 4.23. The third-order valence-electron chi connectivity index (χ3n) is 4.23. The lowest BCUT2D eigenvalue weighted by molar-refractivity contribution is -0.0256. The van der Waals surface area contributed by atoms with Gasteiger partial charge in [0, 0.05) is 26.2 Å². The number of hydrogen-bond acceptors (Lipinski definition) is 3. The summed E-state index contributed by atoms with van der Waals surface area (Å²) in [6, 6.07) is 0.523. The lowest BCUT2D eigenvalue weighted by Gasteiger charge is -2.42. The summed E-state index contributed by atoms with van der Waals surface area (Å²) in [5.74, 6) is 1.35. The average Bonchev–Trinajstić information content (AvgIpc) is 2.31. The van der Waals surface area contributed by atoms with Crippen LogP contribution in [0.4, 0.5) is 0 Å². The van der Waals surface area contributed by atoms with Crippen molar-refractivity contribution >= 4 is 0 Å². The van der Waals surface area contributed by atoms with E-state index >= 15 is 0 Å². The van der Waals surface area contributed by atoms with E-state index in [1.165, 1.54) is 19.4 Å². The van der Waals surface area contributed by atoms with E-state index in [2.05, 4.69) is 25.7 Å². The zero-order chi connectivity index (χ0) is 12.1. The van der Waals surface area contributed by atoms with Crippen LogP contribution in [0.15, 0.2) is 0 Å². The zero-order valence-corrected chi connectivity index (χ0v) is 11.3. The van der Waals surface area contributed by atoms with Gasteiger partial charge in [-0.05, 0) is 24.8 Å². The van der Waals surface area contributed by atoms with Gasteiger partial charge < -0.3 is 10.5 Å². The highest BCUT2D eigenvalue weighted by molar-refractivity contribution is 4.85. The van der Waals surface area contributed by atoms with Crippen molar-refractivity contribution in [2.45, 2.75) is 45.8 Å². The first-order valence-corrected chi connectivity index (χ1v) is 6.60. The lowest BCUT2D eigenvalue weighted by Crippen LogP contribution is -2.53. The molecule has 0 radical (unpaired) electrons. The summed E-state index contributed by atoms with van der Waals surface area (Å²) in [5.41, 5.74) is 5.92. The lowest BCUT2D eigenvalue weighted by atomic mass is 9.91. The molecule has 0 aromatic rings. The van der Waals surface area contributed by atoms with E-state index in [0.29, 0.717) is 24.0 Å². The Bertz CT molecular complexity index is 198. The van der Waals surface area contributed by atoms with Gasteiger partial charge in [-0.3, -0.25) is 4.90 Å². The summed E-state index contributed by atoms with van der Waals surface area (Å²) in [7, 11) is 1.82. The number of hydrogen-bond donors (Lipinski definition) is 1. The van der Waals surface area contributed by atoms with Crippen LogP contribution in [0, 0.1) is 11.8 Å². The van der Waals surface area contributed by atoms with Gasteiger partial charge in [-0.2, -0.15) is 0 Å². The molecule has 3 heteroatoms. The maximum absolute atomic E-state index is 5.92. The van der Waals surface area contributed by atoms with E-state index in [1.54, 1.807) is 0 Å². The molecule has 2 N–H and O–H groups in total. The normalized spacial score (nSPS) is 31.3. The van der Waals surface area contributed by atoms with Crippen LogP contribution in [0.25, 0.3) is 0 Å². The SMILES string of the molecule is CCC(C)C(CN)N1CCC(C)C(OC)C1. The van der Waals surface area contributed by atoms with Gasteiger partial charge in [-0.15, -0.1) is 0 Å². The van der Waals surface area contributed by atoms with E-state index in [-0.39, 0.29) is 0 Å². The van der Waals surface area contributed by atoms with Crippen molar-refractivity contribution in [3.8, 4) is 0 Å². The molecule has 1 aliphatic heterocycles. The van der Waals surface area contributed by atoms with Crippen LogP contribution in [0.1, 0.15) is 33.6 Å². The van der Waals surface area contributed by atoms with E-state index in [9.17, 15) is 0 Å². The molecule has 0 aliphatic carbocycles. The fourth-order valence-corrected chi connectivity index (χ4v) is 2.68. The van der Waals surface area contributed by atoms with Gasteiger partial charge >= 0.3 is 0 Å². The van der Waals surface area contributed by atoms with Gasteiger partial charge in [0.25, 0.3) is 0 Å². The van der Waals surface area contributed by atoms with Gasteiger partial charge in [-0.25, -0.2) is 0 Å². The summed E-state index contributed by atoms with van der Waals surface area (Å²) in [6.07, 6.45) is 2.81. The first-order valence-electron chi connectivity index (χ1n) is 6.60. The van der Waals surface area contributed by atoms with Crippen molar-refractivity contribution in [3.05, 3.63) is 0 Å². The van der Waals surface area contributed by atoms with Gasteiger partial charge in [0.1, 0.15) is 0 Å². The minimum atomic E-state index is 0.381. The number of rotatable bonds is 5. The Morgan fingerprint density at radius 3 is 2.69 bits per heavy atom. The van der Waals surface area contributed by atoms with E-state index in [1.807, 2.05) is 7.11 Å². The molecule has 0 saturated carbocycles. The summed E-state index contributed by atoms with van der Waals surface area (Å²) in [6.45, 7) is 9.81. The summed E-state index contributed by atoms with van der Waals surface area (Å²) in [4.78, 5) is 2.53. The molecular weight excluding hydrogens is 200 g/mol. The van der Waals surface area contributed by atoms with Crippen molar-refractivity contribution in [1.82, 2.24) is 4.90 Å². The predicted molar refractivity (Wildman–Crippen MR) is 68.4 cm³/mol. The Kier molecular flexibility index (Phi) is 5.73. The maximum Gasteiger partial charge on any atom is 0.0724 e. The summed E-state index contributed by atoms with van der Waals surface area (Å²) < 4.78 is 5.56. The second-order valence-electron chi connectivity index (χ2n) is 5.22. The first-order chi connectivity index (χ1) is 7.63. The van der Waals surface area contributed by atoms with E-state index in [0.717, 1.165) is 13.1 Å². The number of likely N-dealkylation sites (tertiary alicyclic amines) is 1. The van der Waals surface area contributed by atoms with Crippen LogP contribution >= 0.6 is 0 Å². The van der Waals surface area contributed by atoms with Crippen molar-refractivity contribution in [3.63, 3.8) is 0 Å². The van der Waals surface area contributed by atoms with Crippen molar-refractivity contribution in [1.29, 1.82) is 0 Å². The topological polar surface area (TPSA) is 38.5 Å². The Balaban J connectivity index is 2.58. The molecule has 1 fully saturated rings. The molecule has 1 aliphatic rings. The predicted octanol–water partition coefficient (Wildman–Crippen LogP) is 1.72. The standard InChI is InChI=1S/C13H28N2O/c1-5-10(2)12(8-14)15-7-6-11(3)13(9-15)16-4/h10-13H,5-9,14H2,1-4H3. The number of nitrogens with two attached hydrogens (primary N) is 1. The Hall–Kier alpha value is -0.120. The molecule has 0 spiro atoms. The van der Waals surface area contributed by atoms with Crippen molar-refractivity contribution in [2.75, 3.05) is 26.7 Å². The monoisotopic (exact) mass is 228 g/mol. The number of methoxy groups -OCH3 is 1.